The van der Waals surface area contributed by atoms with E-state index < -0.39 is 5.82 Å². The van der Waals surface area contributed by atoms with E-state index in [1.54, 1.807) is 12.1 Å². The van der Waals surface area contributed by atoms with Gasteiger partial charge in [0.15, 0.2) is 11.6 Å². The molecule has 1 N–H and O–H groups in total. The van der Waals surface area contributed by atoms with Gasteiger partial charge in [0.1, 0.15) is 0 Å². The van der Waals surface area contributed by atoms with Gasteiger partial charge in [-0.05, 0) is 36.3 Å². The molecule has 0 fully saturated rings. The lowest BCUT2D eigenvalue weighted by atomic mass is 10.1. The molecule has 0 aliphatic carbocycles. The molecule has 0 aromatic heterocycles. The van der Waals surface area contributed by atoms with E-state index >= 15 is 0 Å². The van der Waals surface area contributed by atoms with E-state index in [2.05, 4.69) is 5.32 Å². The fourth-order valence-electron chi connectivity index (χ4n) is 1.91. The van der Waals surface area contributed by atoms with Crippen LogP contribution in [0.15, 0.2) is 48.5 Å². The summed E-state index contributed by atoms with van der Waals surface area (Å²) in [5, 5.41) is 2.78. The first-order valence-corrected chi connectivity index (χ1v) is 6.93. The number of carbonyl (C=O) groups is 1. The second kappa shape index (κ2) is 7.41. The first-order valence-electron chi connectivity index (χ1n) is 6.93. The molecule has 1 amide bonds. The summed E-state index contributed by atoms with van der Waals surface area (Å²) < 4.78 is 18.4. The first kappa shape index (κ1) is 15.8. The van der Waals surface area contributed by atoms with Gasteiger partial charge in [-0.3, -0.25) is 4.79 Å². The lowest BCUT2D eigenvalue weighted by Gasteiger charge is -2.03. The maximum absolute atomic E-state index is 13.5. The van der Waals surface area contributed by atoms with Crippen LogP contribution in [0.5, 0.6) is 5.75 Å². The molecule has 3 nitrogen and oxygen atoms in total. The summed E-state index contributed by atoms with van der Waals surface area (Å²) in [5.41, 5.74) is 2.81. The Morgan fingerprint density at radius 2 is 1.95 bits per heavy atom. The van der Waals surface area contributed by atoms with E-state index in [0.717, 1.165) is 5.56 Å². The molecule has 0 bridgehead atoms. The molecule has 114 valence electrons. The van der Waals surface area contributed by atoms with Crippen LogP contribution in [0.1, 0.15) is 16.7 Å². The van der Waals surface area contributed by atoms with Gasteiger partial charge in [0.2, 0.25) is 5.91 Å². The molecule has 0 saturated carbocycles. The Morgan fingerprint density at radius 3 is 2.59 bits per heavy atom. The summed E-state index contributed by atoms with van der Waals surface area (Å²) in [7, 11) is 1.41. The standard InChI is InChI=1S/C18H18FNO2/c1-13-3-5-15(6-4-13)12-20-18(21)10-8-14-7-9-17(22-2)16(19)11-14/h3-11H,12H2,1-2H3,(H,20,21)/b10-8+. The molecule has 4 heteroatoms. The largest absolute Gasteiger partial charge is 0.494 e. The average molecular weight is 299 g/mol. The van der Waals surface area contributed by atoms with Crippen molar-refractivity contribution < 1.29 is 13.9 Å². The van der Waals surface area contributed by atoms with Crippen molar-refractivity contribution in [3.05, 3.63) is 71.0 Å². The predicted octanol–water partition coefficient (Wildman–Crippen LogP) is 3.47. The van der Waals surface area contributed by atoms with Gasteiger partial charge in [-0.15, -0.1) is 0 Å². The Balaban J connectivity index is 1.91. The van der Waals surface area contributed by atoms with Crippen LogP contribution >= 0.6 is 0 Å². The second-order valence-corrected chi connectivity index (χ2v) is 4.93. The quantitative estimate of drug-likeness (QED) is 0.859. The second-order valence-electron chi connectivity index (χ2n) is 4.93. The van der Waals surface area contributed by atoms with Crippen LogP contribution in [0.3, 0.4) is 0 Å². The summed E-state index contributed by atoms with van der Waals surface area (Å²) in [5.74, 6) is -0.498. The fourth-order valence-corrected chi connectivity index (χ4v) is 1.91. The van der Waals surface area contributed by atoms with Crippen LogP contribution in [0.25, 0.3) is 6.08 Å². The molecule has 2 rings (SSSR count). The molecule has 0 unspecified atom stereocenters. The highest BCUT2D eigenvalue weighted by Gasteiger charge is 2.02. The van der Waals surface area contributed by atoms with E-state index in [-0.39, 0.29) is 11.7 Å². The minimum atomic E-state index is -0.454. The molecule has 0 heterocycles. The highest BCUT2D eigenvalue weighted by molar-refractivity contribution is 5.91. The summed E-state index contributed by atoms with van der Waals surface area (Å²) in [6.07, 6.45) is 2.95. The van der Waals surface area contributed by atoms with Gasteiger partial charge in [-0.1, -0.05) is 35.9 Å². The number of rotatable bonds is 5. The van der Waals surface area contributed by atoms with E-state index in [9.17, 15) is 9.18 Å². The number of aryl methyl sites for hydroxylation is 1. The third-order valence-corrected chi connectivity index (χ3v) is 3.19. The number of nitrogens with one attached hydrogen (secondary N) is 1. The van der Waals surface area contributed by atoms with Crippen molar-refractivity contribution in [2.45, 2.75) is 13.5 Å². The van der Waals surface area contributed by atoms with Gasteiger partial charge in [0.05, 0.1) is 7.11 Å². The molecule has 0 atom stereocenters. The topological polar surface area (TPSA) is 38.3 Å². The highest BCUT2D eigenvalue weighted by Crippen LogP contribution is 2.18. The van der Waals surface area contributed by atoms with Gasteiger partial charge in [0, 0.05) is 12.6 Å². The minimum absolute atomic E-state index is 0.181. The van der Waals surface area contributed by atoms with Crippen LogP contribution in [0, 0.1) is 12.7 Å². The lowest BCUT2D eigenvalue weighted by Crippen LogP contribution is -2.20. The minimum Gasteiger partial charge on any atom is -0.494 e. The zero-order chi connectivity index (χ0) is 15.9. The maximum Gasteiger partial charge on any atom is 0.244 e. The number of amides is 1. The third-order valence-electron chi connectivity index (χ3n) is 3.19. The monoisotopic (exact) mass is 299 g/mol. The summed E-state index contributed by atoms with van der Waals surface area (Å²) in [6.45, 7) is 2.47. The summed E-state index contributed by atoms with van der Waals surface area (Å²) in [4.78, 5) is 11.7. The van der Waals surface area contributed by atoms with Crippen molar-refractivity contribution in [3.8, 4) is 5.75 Å². The van der Waals surface area contributed by atoms with Gasteiger partial charge >= 0.3 is 0 Å². The van der Waals surface area contributed by atoms with Crippen molar-refractivity contribution in [3.63, 3.8) is 0 Å². The highest BCUT2D eigenvalue weighted by atomic mass is 19.1. The number of hydrogen-bond acceptors (Lipinski definition) is 2. The third kappa shape index (κ3) is 4.45. The van der Waals surface area contributed by atoms with Crippen LogP contribution in [0.2, 0.25) is 0 Å². The molecular weight excluding hydrogens is 281 g/mol. The molecular formula is C18H18FNO2. The molecule has 0 aliphatic heterocycles. The van der Waals surface area contributed by atoms with E-state index in [1.165, 1.54) is 30.9 Å². The van der Waals surface area contributed by atoms with Gasteiger partial charge in [-0.25, -0.2) is 4.39 Å². The smallest absolute Gasteiger partial charge is 0.244 e. The van der Waals surface area contributed by atoms with Gasteiger partial charge in [0.25, 0.3) is 0 Å². The zero-order valence-corrected chi connectivity index (χ0v) is 12.6. The maximum atomic E-state index is 13.5. The molecule has 0 radical (unpaired) electrons. The number of halogens is 1. The summed E-state index contributed by atoms with van der Waals surface area (Å²) >= 11 is 0. The van der Waals surface area contributed by atoms with Crippen LogP contribution in [-0.4, -0.2) is 13.0 Å². The Hall–Kier alpha value is -2.62. The average Bonchev–Trinajstić information content (AvgIpc) is 2.52. The normalized spacial score (nSPS) is 10.7. The van der Waals surface area contributed by atoms with Crippen LogP contribution in [-0.2, 0) is 11.3 Å². The summed E-state index contributed by atoms with van der Waals surface area (Å²) in [6, 6.07) is 12.5. The van der Waals surface area contributed by atoms with Crippen molar-refractivity contribution in [1.29, 1.82) is 0 Å². The van der Waals surface area contributed by atoms with E-state index in [1.807, 2.05) is 31.2 Å². The van der Waals surface area contributed by atoms with Crippen molar-refractivity contribution in [1.82, 2.24) is 5.32 Å². The van der Waals surface area contributed by atoms with Crippen molar-refractivity contribution >= 4 is 12.0 Å². The lowest BCUT2D eigenvalue weighted by molar-refractivity contribution is -0.116. The van der Waals surface area contributed by atoms with Crippen molar-refractivity contribution in [2.24, 2.45) is 0 Å². The Labute approximate surface area is 129 Å². The number of hydrogen-bond donors (Lipinski definition) is 1. The van der Waals surface area contributed by atoms with Gasteiger partial charge < -0.3 is 10.1 Å². The van der Waals surface area contributed by atoms with Crippen molar-refractivity contribution in [2.75, 3.05) is 7.11 Å². The zero-order valence-electron chi connectivity index (χ0n) is 12.6. The Bertz CT molecular complexity index is 678. The molecule has 2 aromatic rings. The molecule has 0 aliphatic rings. The molecule has 0 saturated heterocycles. The fraction of sp³-hybridized carbons (Fsp3) is 0.167. The van der Waals surface area contributed by atoms with Crippen LogP contribution < -0.4 is 10.1 Å². The van der Waals surface area contributed by atoms with E-state index in [4.69, 9.17) is 4.74 Å². The molecule has 0 spiro atoms. The molecule has 2 aromatic carbocycles. The number of benzene rings is 2. The van der Waals surface area contributed by atoms with Crippen LogP contribution in [0.4, 0.5) is 4.39 Å². The Morgan fingerprint density at radius 1 is 1.23 bits per heavy atom. The Kier molecular flexibility index (Phi) is 5.31. The van der Waals surface area contributed by atoms with E-state index in [0.29, 0.717) is 12.1 Å². The molecule has 22 heavy (non-hydrogen) atoms. The first-order chi connectivity index (χ1) is 10.6. The van der Waals surface area contributed by atoms with Gasteiger partial charge in [-0.2, -0.15) is 0 Å². The number of carbonyl (C=O) groups excluding carboxylic acids is 1. The number of ether oxygens (including phenoxy) is 1. The predicted molar refractivity (Wildman–Crippen MR) is 85.0 cm³/mol. The number of methoxy groups -OCH3 is 1. The SMILES string of the molecule is COc1ccc(/C=C/C(=O)NCc2ccc(C)cc2)cc1F.